The molecule has 7 heteroatoms. The van der Waals surface area contributed by atoms with E-state index in [2.05, 4.69) is 5.16 Å². The first kappa shape index (κ1) is 11.6. The summed E-state index contributed by atoms with van der Waals surface area (Å²) < 4.78 is 29.9. The Morgan fingerprint density at radius 3 is 2.94 bits per heavy atom. The summed E-state index contributed by atoms with van der Waals surface area (Å²) in [5, 5.41) is 12.9. The lowest BCUT2D eigenvalue weighted by Crippen LogP contribution is -2.30. The molecule has 1 fully saturated rings. The first-order chi connectivity index (χ1) is 7.47. The van der Waals surface area contributed by atoms with Crippen molar-refractivity contribution < 1.29 is 18.0 Å². The van der Waals surface area contributed by atoms with Crippen LogP contribution in [-0.4, -0.2) is 42.2 Å². The van der Waals surface area contributed by atoms with Gasteiger partial charge in [0.25, 0.3) is 0 Å². The maximum Gasteiger partial charge on any atom is 0.220 e. The van der Waals surface area contributed by atoms with Gasteiger partial charge in [-0.05, 0) is 13.3 Å². The number of β-amino-alcohol motifs (C(OH)–C–C–N with tert-alkyl or cyclic N) is 1. The van der Waals surface area contributed by atoms with Crippen molar-refractivity contribution in [2.24, 2.45) is 0 Å². The monoisotopic (exact) mass is 246 g/mol. The second-order valence-electron chi connectivity index (χ2n) is 3.99. The van der Waals surface area contributed by atoms with Crippen molar-refractivity contribution in [2.45, 2.75) is 25.2 Å². The fourth-order valence-electron chi connectivity index (χ4n) is 1.73. The molecule has 0 aliphatic carbocycles. The summed E-state index contributed by atoms with van der Waals surface area (Å²) in [6, 6.07) is 1.60. The molecule has 1 saturated heterocycles. The molecular weight excluding hydrogens is 232 g/mol. The molecule has 1 atom stereocenters. The third kappa shape index (κ3) is 2.42. The van der Waals surface area contributed by atoms with Crippen molar-refractivity contribution in [1.82, 2.24) is 9.46 Å². The molecule has 16 heavy (non-hydrogen) atoms. The van der Waals surface area contributed by atoms with Crippen LogP contribution in [0.2, 0.25) is 0 Å². The van der Waals surface area contributed by atoms with Crippen LogP contribution in [0.3, 0.4) is 0 Å². The predicted octanol–water partition coefficient (Wildman–Crippen LogP) is -0.121. The Balaban J connectivity index is 2.08. The quantitative estimate of drug-likeness (QED) is 0.803. The Kier molecular flexibility index (Phi) is 3.00. The zero-order valence-electron chi connectivity index (χ0n) is 8.96. The van der Waals surface area contributed by atoms with Crippen LogP contribution < -0.4 is 0 Å². The van der Waals surface area contributed by atoms with Gasteiger partial charge in [-0.15, -0.1) is 0 Å². The Hall–Kier alpha value is -0.920. The highest BCUT2D eigenvalue weighted by atomic mass is 32.2. The van der Waals surface area contributed by atoms with E-state index in [1.165, 1.54) is 4.31 Å². The van der Waals surface area contributed by atoms with Crippen LogP contribution in [0.25, 0.3) is 0 Å². The van der Waals surface area contributed by atoms with Crippen LogP contribution in [0.5, 0.6) is 0 Å². The zero-order chi connectivity index (χ0) is 11.8. The van der Waals surface area contributed by atoms with Crippen molar-refractivity contribution >= 4 is 10.0 Å². The second-order valence-corrected chi connectivity index (χ2v) is 5.95. The normalized spacial score (nSPS) is 22.8. The molecule has 0 amide bonds. The Bertz CT molecular complexity index is 468. The van der Waals surface area contributed by atoms with Gasteiger partial charge in [-0.1, -0.05) is 5.16 Å². The molecule has 6 nitrogen and oxygen atoms in total. The van der Waals surface area contributed by atoms with Gasteiger partial charge in [0, 0.05) is 19.2 Å². The van der Waals surface area contributed by atoms with Gasteiger partial charge in [-0.2, -0.15) is 4.31 Å². The van der Waals surface area contributed by atoms with Crippen LogP contribution in [0.1, 0.15) is 17.9 Å². The number of aliphatic hydroxyl groups is 1. The topological polar surface area (TPSA) is 83.6 Å². The van der Waals surface area contributed by atoms with Crippen LogP contribution in [0, 0.1) is 6.92 Å². The largest absolute Gasteiger partial charge is 0.392 e. The first-order valence-electron chi connectivity index (χ1n) is 5.05. The minimum atomic E-state index is -3.38. The predicted molar refractivity (Wildman–Crippen MR) is 56.1 cm³/mol. The van der Waals surface area contributed by atoms with Gasteiger partial charge in [0.2, 0.25) is 10.0 Å². The number of hydrogen-bond donors (Lipinski definition) is 1. The van der Waals surface area contributed by atoms with E-state index in [4.69, 9.17) is 4.52 Å². The van der Waals surface area contributed by atoms with Crippen molar-refractivity contribution in [2.75, 3.05) is 13.1 Å². The maximum absolute atomic E-state index is 11.9. The molecule has 0 saturated carbocycles. The molecule has 0 bridgehead atoms. The summed E-state index contributed by atoms with van der Waals surface area (Å²) in [6.07, 6.45) is -0.0503. The van der Waals surface area contributed by atoms with Gasteiger partial charge in [-0.3, -0.25) is 0 Å². The first-order valence-corrected chi connectivity index (χ1v) is 6.66. The summed E-state index contributed by atoms with van der Waals surface area (Å²) in [6.45, 7) is 2.27. The summed E-state index contributed by atoms with van der Waals surface area (Å²) in [5.74, 6) is 0.420. The van der Waals surface area contributed by atoms with Crippen LogP contribution in [0.15, 0.2) is 10.6 Å². The SMILES string of the molecule is Cc1cc(CS(=O)(=O)N2CC[C@H](O)C2)no1. The van der Waals surface area contributed by atoms with Gasteiger partial charge in [0.1, 0.15) is 17.2 Å². The van der Waals surface area contributed by atoms with Crippen molar-refractivity contribution in [3.63, 3.8) is 0 Å². The van der Waals surface area contributed by atoms with E-state index in [0.29, 0.717) is 24.4 Å². The molecule has 1 aromatic rings. The minimum Gasteiger partial charge on any atom is -0.392 e. The molecule has 1 aromatic heterocycles. The number of nitrogens with zero attached hydrogens (tertiary/aromatic N) is 2. The Labute approximate surface area is 93.9 Å². The number of sulfonamides is 1. The van der Waals surface area contributed by atoms with E-state index in [1.54, 1.807) is 13.0 Å². The highest BCUT2D eigenvalue weighted by Crippen LogP contribution is 2.17. The molecule has 0 unspecified atom stereocenters. The van der Waals surface area contributed by atoms with E-state index in [-0.39, 0.29) is 12.3 Å². The van der Waals surface area contributed by atoms with Crippen molar-refractivity contribution in [1.29, 1.82) is 0 Å². The third-order valence-corrected chi connectivity index (χ3v) is 4.31. The smallest absolute Gasteiger partial charge is 0.220 e. The Morgan fingerprint density at radius 1 is 1.69 bits per heavy atom. The summed E-state index contributed by atoms with van der Waals surface area (Å²) in [7, 11) is -3.38. The molecule has 0 radical (unpaired) electrons. The third-order valence-electron chi connectivity index (χ3n) is 2.53. The van der Waals surface area contributed by atoms with E-state index in [0.717, 1.165) is 0 Å². The lowest BCUT2D eigenvalue weighted by Gasteiger charge is -2.14. The van der Waals surface area contributed by atoms with Crippen LogP contribution >= 0.6 is 0 Å². The highest BCUT2D eigenvalue weighted by Gasteiger charge is 2.30. The molecule has 2 rings (SSSR count). The standard InChI is InChI=1S/C9H14N2O4S/c1-7-4-8(10-15-7)6-16(13,14)11-3-2-9(12)5-11/h4,9,12H,2-3,5-6H2,1H3/t9-/m0/s1. The molecule has 1 N–H and O–H groups in total. The maximum atomic E-state index is 11.9. The molecule has 90 valence electrons. The van der Waals surface area contributed by atoms with Gasteiger partial charge in [-0.25, -0.2) is 8.42 Å². The average molecular weight is 246 g/mol. The molecular formula is C9H14N2O4S. The van der Waals surface area contributed by atoms with Crippen LogP contribution in [-0.2, 0) is 15.8 Å². The lowest BCUT2D eigenvalue weighted by atomic mass is 10.3. The fraction of sp³-hybridized carbons (Fsp3) is 0.667. The Morgan fingerprint density at radius 2 is 2.44 bits per heavy atom. The van der Waals surface area contributed by atoms with Crippen molar-refractivity contribution in [3.05, 3.63) is 17.5 Å². The number of aliphatic hydroxyl groups excluding tert-OH is 1. The number of aryl methyl sites for hydroxylation is 1. The van der Waals surface area contributed by atoms with Gasteiger partial charge in [0.15, 0.2) is 0 Å². The summed E-state index contributed by atoms with van der Waals surface area (Å²) in [4.78, 5) is 0. The lowest BCUT2D eigenvalue weighted by molar-refractivity contribution is 0.189. The van der Waals surface area contributed by atoms with Gasteiger partial charge in [0.05, 0.1) is 6.10 Å². The number of aromatic nitrogens is 1. The van der Waals surface area contributed by atoms with E-state index in [1.807, 2.05) is 0 Å². The average Bonchev–Trinajstić information content (AvgIpc) is 2.75. The van der Waals surface area contributed by atoms with Gasteiger partial charge >= 0.3 is 0 Å². The zero-order valence-corrected chi connectivity index (χ0v) is 9.77. The molecule has 1 aliphatic heterocycles. The fourth-order valence-corrected chi connectivity index (χ4v) is 3.20. The highest BCUT2D eigenvalue weighted by molar-refractivity contribution is 7.88. The van der Waals surface area contributed by atoms with Gasteiger partial charge < -0.3 is 9.63 Å². The number of hydrogen-bond acceptors (Lipinski definition) is 5. The molecule has 2 heterocycles. The minimum absolute atomic E-state index is 0.170. The van der Waals surface area contributed by atoms with E-state index >= 15 is 0 Å². The number of rotatable bonds is 3. The van der Waals surface area contributed by atoms with E-state index in [9.17, 15) is 13.5 Å². The van der Waals surface area contributed by atoms with Crippen molar-refractivity contribution in [3.8, 4) is 0 Å². The van der Waals surface area contributed by atoms with E-state index < -0.39 is 16.1 Å². The molecule has 0 aromatic carbocycles. The second kappa shape index (κ2) is 4.15. The summed E-state index contributed by atoms with van der Waals surface area (Å²) in [5.41, 5.74) is 0.402. The summed E-state index contributed by atoms with van der Waals surface area (Å²) >= 11 is 0. The molecule has 1 aliphatic rings. The van der Waals surface area contributed by atoms with Crippen LogP contribution in [0.4, 0.5) is 0 Å². The molecule has 0 spiro atoms.